The highest BCUT2D eigenvalue weighted by atomic mass is 79.9. The molecular formula is C14H12BrClNO7-. The minimum atomic E-state index is -1.85. The molecule has 8 nitrogen and oxygen atoms in total. The molecule has 0 bridgehead atoms. The van der Waals surface area contributed by atoms with Crippen LogP contribution in [-0.4, -0.2) is 57.0 Å². The molecule has 0 saturated carbocycles. The Bertz CT molecular complexity index is 782. The molecule has 2 heterocycles. The number of aromatic amines is 1. The molecule has 2 aromatic rings. The number of carboxylic acid groups (broad SMARTS) is 1. The van der Waals surface area contributed by atoms with E-state index in [0.29, 0.717) is 20.4 Å². The van der Waals surface area contributed by atoms with Crippen LogP contribution in [0.25, 0.3) is 10.9 Å². The van der Waals surface area contributed by atoms with E-state index in [2.05, 4.69) is 20.9 Å². The quantitative estimate of drug-likeness (QED) is 0.526. The van der Waals surface area contributed by atoms with Gasteiger partial charge in [0.05, 0.1) is 21.9 Å². The molecule has 0 amide bonds. The molecule has 1 aromatic carbocycles. The van der Waals surface area contributed by atoms with Gasteiger partial charge in [-0.25, -0.2) is 0 Å². The van der Waals surface area contributed by atoms with Gasteiger partial charge in [-0.05, 0) is 28.1 Å². The number of carbonyl (C=O) groups is 1. The Morgan fingerprint density at radius 2 is 2.00 bits per heavy atom. The molecule has 1 aliphatic heterocycles. The highest BCUT2D eigenvalue weighted by Crippen LogP contribution is 2.38. The molecule has 130 valence electrons. The lowest BCUT2D eigenvalue weighted by Gasteiger charge is -2.40. The number of carboxylic acids is 1. The molecule has 1 aliphatic rings. The molecular weight excluding hydrogens is 410 g/mol. The maximum absolute atomic E-state index is 11.0. The zero-order valence-electron chi connectivity index (χ0n) is 11.8. The summed E-state index contributed by atoms with van der Waals surface area (Å²) in [6.07, 6.45) is -7.23. The van der Waals surface area contributed by atoms with Gasteiger partial charge in [-0.3, -0.25) is 0 Å². The van der Waals surface area contributed by atoms with Gasteiger partial charge < -0.3 is 39.7 Å². The second kappa shape index (κ2) is 6.51. The number of rotatable bonds is 3. The van der Waals surface area contributed by atoms with E-state index in [4.69, 9.17) is 21.1 Å². The van der Waals surface area contributed by atoms with Crippen molar-refractivity contribution in [2.45, 2.75) is 30.7 Å². The van der Waals surface area contributed by atoms with Crippen molar-refractivity contribution in [3.63, 3.8) is 0 Å². The van der Waals surface area contributed by atoms with Crippen molar-refractivity contribution in [3.05, 3.63) is 27.8 Å². The molecule has 0 aliphatic carbocycles. The van der Waals surface area contributed by atoms with Crippen LogP contribution in [-0.2, 0) is 9.53 Å². The first-order valence-electron chi connectivity index (χ1n) is 6.83. The number of aliphatic carboxylic acids is 1. The Labute approximate surface area is 148 Å². The lowest BCUT2D eigenvalue weighted by atomic mass is 9.99. The van der Waals surface area contributed by atoms with Crippen molar-refractivity contribution < 1.29 is 34.7 Å². The van der Waals surface area contributed by atoms with E-state index in [1.165, 1.54) is 6.20 Å². The van der Waals surface area contributed by atoms with E-state index in [9.17, 15) is 25.2 Å². The summed E-state index contributed by atoms with van der Waals surface area (Å²) in [5.74, 6) is -1.55. The maximum Gasteiger partial charge on any atom is 0.229 e. The summed E-state index contributed by atoms with van der Waals surface area (Å²) >= 11 is 9.49. The van der Waals surface area contributed by atoms with Crippen LogP contribution in [0.3, 0.4) is 0 Å². The average molecular weight is 422 g/mol. The summed E-state index contributed by atoms with van der Waals surface area (Å²) in [5, 5.41) is 41.2. The molecule has 1 fully saturated rings. The first kappa shape index (κ1) is 17.5. The fourth-order valence-corrected chi connectivity index (χ4v) is 3.07. The van der Waals surface area contributed by atoms with E-state index in [1.54, 1.807) is 12.1 Å². The molecule has 0 spiro atoms. The predicted molar refractivity (Wildman–Crippen MR) is 83.3 cm³/mol. The molecule has 24 heavy (non-hydrogen) atoms. The van der Waals surface area contributed by atoms with Crippen molar-refractivity contribution in [2.75, 3.05) is 0 Å². The number of fused-ring (bicyclic) bond motifs is 1. The summed E-state index contributed by atoms with van der Waals surface area (Å²) in [7, 11) is 0. The summed E-state index contributed by atoms with van der Waals surface area (Å²) in [6.45, 7) is 0. The number of aliphatic hydroxyl groups excluding tert-OH is 3. The highest BCUT2D eigenvalue weighted by Gasteiger charge is 2.45. The van der Waals surface area contributed by atoms with Crippen molar-refractivity contribution in [1.82, 2.24) is 4.98 Å². The van der Waals surface area contributed by atoms with Gasteiger partial charge in [0.1, 0.15) is 30.2 Å². The summed E-state index contributed by atoms with van der Waals surface area (Å²) < 4.78 is 11.1. The van der Waals surface area contributed by atoms with Gasteiger partial charge in [-0.2, -0.15) is 0 Å². The number of halogens is 2. The third kappa shape index (κ3) is 2.87. The normalized spacial score (nSPS) is 30.5. The van der Waals surface area contributed by atoms with Gasteiger partial charge in [0.15, 0.2) is 0 Å². The van der Waals surface area contributed by atoms with E-state index in [0.717, 1.165) is 0 Å². The summed E-state index contributed by atoms with van der Waals surface area (Å²) in [6, 6.07) is 3.46. The summed E-state index contributed by atoms with van der Waals surface area (Å²) in [4.78, 5) is 13.9. The average Bonchev–Trinajstić information content (AvgIpc) is 2.94. The number of hydrogen-bond acceptors (Lipinski definition) is 7. The number of benzene rings is 1. The van der Waals surface area contributed by atoms with Crippen LogP contribution in [0.4, 0.5) is 0 Å². The topological polar surface area (TPSA) is 135 Å². The third-order valence-corrected chi connectivity index (χ3v) is 5.03. The van der Waals surface area contributed by atoms with Crippen LogP contribution in [0.2, 0.25) is 5.02 Å². The number of aromatic nitrogens is 1. The minimum Gasteiger partial charge on any atom is -0.547 e. The second-order valence-corrected chi connectivity index (χ2v) is 6.50. The second-order valence-electron chi connectivity index (χ2n) is 5.27. The molecule has 4 N–H and O–H groups in total. The number of aliphatic hydroxyl groups is 3. The highest BCUT2D eigenvalue weighted by molar-refractivity contribution is 9.10. The fraction of sp³-hybridized carbons (Fsp3) is 0.357. The van der Waals surface area contributed by atoms with Crippen LogP contribution >= 0.6 is 27.5 Å². The minimum absolute atomic E-state index is 0.182. The number of ether oxygens (including phenoxy) is 2. The zero-order chi connectivity index (χ0) is 17.6. The number of hydrogen-bond donors (Lipinski definition) is 4. The smallest absolute Gasteiger partial charge is 0.229 e. The number of carbonyl (C=O) groups excluding carboxylic acids is 1. The standard InChI is InChI=1S/C14H13BrClNO7/c15-4-1-2-5-7(8(4)16)6(3-17-5)23-14-11(20)9(18)10(19)12(24-14)13(21)22/h1-3,9-12,14,17-20H,(H,21,22)/p-1/t9-,10-,11+,12-,14+/m0/s1. The Balaban J connectivity index is 1.93. The SMILES string of the molecule is O=C([O-])[C@H]1O[C@@H](Oc2c[nH]c3ccc(Br)c(Cl)c23)[C@H](O)[C@@H](O)[C@@H]1O. The third-order valence-electron chi connectivity index (χ3n) is 3.75. The van der Waals surface area contributed by atoms with Crippen molar-refractivity contribution in [2.24, 2.45) is 0 Å². The lowest BCUT2D eigenvalue weighted by molar-refractivity contribution is -0.342. The number of nitrogens with one attached hydrogen (secondary N) is 1. The van der Waals surface area contributed by atoms with Crippen LogP contribution in [0.5, 0.6) is 5.75 Å². The fourth-order valence-electron chi connectivity index (χ4n) is 2.49. The molecule has 1 aromatic heterocycles. The van der Waals surface area contributed by atoms with Gasteiger partial charge in [0, 0.05) is 10.7 Å². The van der Waals surface area contributed by atoms with E-state index in [-0.39, 0.29) is 5.75 Å². The van der Waals surface area contributed by atoms with E-state index >= 15 is 0 Å². The van der Waals surface area contributed by atoms with E-state index in [1.807, 2.05) is 0 Å². The van der Waals surface area contributed by atoms with Crippen LogP contribution < -0.4 is 9.84 Å². The van der Waals surface area contributed by atoms with Gasteiger partial charge in [0.2, 0.25) is 6.29 Å². The first-order chi connectivity index (χ1) is 11.3. The Kier molecular flexibility index (Phi) is 4.73. The summed E-state index contributed by atoms with van der Waals surface area (Å²) in [5.41, 5.74) is 0.639. The Morgan fingerprint density at radius 1 is 1.29 bits per heavy atom. The molecule has 0 radical (unpaired) electrons. The van der Waals surface area contributed by atoms with Crippen LogP contribution in [0.1, 0.15) is 0 Å². The molecule has 10 heteroatoms. The van der Waals surface area contributed by atoms with Crippen LogP contribution in [0.15, 0.2) is 22.8 Å². The predicted octanol–water partition coefficient (Wildman–Crippen LogP) is -0.480. The Morgan fingerprint density at radius 3 is 2.67 bits per heavy atom. The van der Waals surface area contributed by atoms with Gasteiger partial charge in [-0.1, -0.05) is 11.6 Å². The Hall–Kier alpha value is -1.36. The molecule has 1 saturated heterocycles. The largest absolute Gasteiger partial charge is 0.547 e. The zero-order valence-corrected chi connectivity index (χ0v) is 14.2. The van der Waals surface area contributed by atoms with Gasteiger partial charge in [0.25, 0.3) is 0 Å². The molecule has 3 rings (SSSR count). The van der Waals surface area contributed by atoms with Gasteiger partial charge >= 0.3 is 0 Å². The lowest BCUT2D eigenvalue weighted by Crippen LogP contribution is -2.63. The maximum atomic E-state index is 11.0. The van der Waals surface area contributed by atoms with Crippen molar-refractivity contribution >= 4 is 44.4 Å². The molecule has 0 unspecified atom stereocenters. The van der Waals surface area contributed by atoms with E-state index < -0.39 is 36.7 Å². The number of H-pyrrole nitrogens is 1. The molecule has 5 atom stereocenters. The monoisotopic (exact) mass is 420 g/mol. The first-order valence-corrected chi connectivity index (χ1v) is 8.00. The van der Waals surface area contributed by atoms with Gasteiger partial charge in [-0.15, -0.1) is 0 Å². The van der Waals surface area contributed by atoms with Crippen molar-refractivity contribution in [3.8, 4) is 5.75 Å². The van der Waals surface area contributed by atoms with Crippen LogP contribution in [0, 0.1) is 0 Å². The van der Waals surface area contributed by atoms with Crippen molar-refractivity contribution in [1.29, 1.82) is 0 Å².